The summed E-state index contributed by atoms with van der Waals surface area (Å²) >= 11 is 0. The smallest absolute Gasteiger partial charge is 0.254 e. The van der Waals surface area contributed by atoms with Gasteiger partial charge in [0.05, 0.1) is 6.20 Å². The maximum atomic E-state index is 12.4. The number of fused-ring (bicyclic) bond motifs is 1. The van der Waals surface area contributed by atoms with Crippen LogP contribution in [0.2, 0.25) is 0 Å². The van der Waals surface area contributed by atoms with Gasteiger partial charge in [0.15, 0.2) is 5.65 Å². The molecule has 0 aromatic carbocycles. The molecule has 8 heteroatoms. The Morgan fingerprint density at radius 3 is 2.64 bits per heavy atom. The fraction of sp³-hybridized carbons (Fsp3) is 0.600. The van der Waals surface area contributed by atoms with Crippen molar-refractivity contribution in [3.05, 3.63) is 28.7 Å². The predicted molar refractivity (Wildman–Crippen MR) is 107 cm³/mol. The summed E-state index contributed by atoms with van der Waals surface area (Å²) < 4.78 is 1.62. The van der Waals surface area contributed by atoms with E-state index in [1.165, 1.54) is 25.5 Å². The monoisotopic (exact) mass is 386 g/mol. The molecule has 3 heterocycles. The minimum absolute atomic E-state index is 0.0432. The van der Waals surface area contributed by atoms with Crippen LogP contribution in [0.5, 0.6) is 0 Å². The van der Waals surface area contributed by atoms with Crippen LogP contribution in [-0.4, -0.2) is 57.0 Å². The molecule has 3 N–H and O–H groups in total. The van der Waals surface area contributed by atoms with Crippen molar-refractivity contribution in [3.63, 3.8) is 0 Å². The molecule has 1 aliphatic rings. The molecule has 152 valence electrons. The highest BCUT2D eigenvalue weighted by Crippen LogP contribution is 2.18. The number of rotatable bonds is 7. The zero-order valence-corrected chi connectivity index (χ0v) is 17.0. The summed E-state index contributed by atoms with van der Waals surface area (Å²) in [7, 11) is 0. The lowest BCUT2D eigenvalue weighted by Gasteiger charge is -2.29. The molecular formula is C20H30N6O2. The molecule has 0 spiro atoms. The van der Waals surface area contributed by atoms with Crippen molar-refractivity contribution in [2.75, 3.05) is 19.6 Å². The first kappa shape index (κ1) is 20.3. The predicted octanol–water partition coefficient (Wildman–Crippen LogP) is 1.37. The number of carbonyl (C=O) groups excluding carboxylic acids is 2. The molecule has 1 fully saturated rings. The molecule has 1 unspecified atom stereocenters. The molecule has 0 saturated carbocycles. The van der Waals surface area contributed by atoms with Crippen LogP contribution in [0, 0.1) is 13.8 Å². The number of nitrogens with one attached hydrogen (secondary N) is 1. The molecule has 2 amide bonds. The van der Waals surface area contributed by atoms with Crippen LogP contribution in [0.3, 0.4) is 0 Å². The molecule has 3 rings (SSSR count). The van der Waals surface area contributed by atoms with Crippen molar-refractivity contribution in [3.8, 4) is 0 Å². The molecule has 1 saturated heterocycles. The van der Waals surface area contributed by atoms with E-state index in [1.54, 1.807) is 4.52 Å². The summed E-state index contributed by atoms with van der Waals surface area (Å²) in [5.41, 5.74) is 8.81. The molecular weight excluding hydrogens is 356 g/mol. The number of nitrogens with two attached hydrogens (primary N) is 1. The van der Waals surface area contributed by atoms with E-state index >= 15 is 0 Å². The van der Waals surface area contributed by atoms with Gasteiger partial charge in [0.25, 0.3) is 5.91 Å². The van der Waals surface area contributed by atoms with E-state index in [9.17, 15) is 9.59 Å². The first-order chi connectivity index (χ1) is 13.4. The number of nitrogens with zero attached hydrogens (tertiary/aromatic N) is 4. The summed E-state index contributed by atoms with van der Waals surface area (Å²) in [5, 5.41) is 7.34. The Bertz CT molecular complexity index is 869. The van der Waals surface area contributed by atoms with Crippen molar-refractivity contribution < 1.29 is 9.59 Å². The van der Waals surface area contributed by atoms with E-state index < -0.39 is 5.91 Å². The lowest BCUT2D eigenvalue weighted by atomic mass is 10.1. The number of likely N-dealkylation sites (tertiary alicyclic amines) is 1. The number of primary amides is 1. The topological polar surface area (TPSA) is 106 Å². The zero-order valence-electron chi connectivity index (χ0n) is 17.0. The number of hydrogen-bond acceptors (Lipinski definition) is 5. The summed E-state index contributed by atoms with van der Waals surface area (Å²) in [6.07, 6.45) is 6.22. The fourth-order valence-electron chi connectivity index (χ4n) is 4.01. The molecule has 0 bridgehead atoms. The van der Waals surface area contributed by atoms with Crippen LogP contribution >= 0.6 is 0 Å². The Balaban J connectivity index is 1.61. The van der Waals surface area contributed by atoms with Gasteiger partial charge in [0.2, 0.25) is 5.91 Å². The summed E-state index contributed by atoms with van der Waals surface area (Å²) in [5.74, 6) is -0.502. The third-order valence-electron chi connectivity index (χ3n) is 5.46. The van der Waals surface area contributed by atoms with E-state index in [0.717, 1.165) is 36.6 Å². The van der Waals surface area contributed by atoms with E-state index in [2.05, 4.69) is 27.2 Å². The number of piperidine rings is 1. The van der Waals surface area contributed by atoms with Gasteiger partial charge >= 0.3 is 0 Å². The van der Waals surface area contributed by atoms with Gasteiger partial charge in [0, 0.05) is 30.4 Å². The minimum atomic E-state index is -0.545. The third-order valence-corrected chi connectivity index (χ3v) is 5.46. The second-order valence-electron chi connectivity index (χ2n) is 7.75. The van der Waals surface area contributed by atoms with Gasteiger partial charge in [-0.1, -0.05) is 6.42 Å². The molecule has 8 nitrogen and oxygen atoms in total. The minimum Gasteiger partial charge on any atom is -0.365 e. The van der Waals surface area contributed by atoms with Gasteiger partial charge in [-0.25, -0.2) is 9.50 Å². The van der Waals surface area contributed by atoms with Crippen molar-refractivity contribution in [2.45, 2.75) is 58.9 Å². The lowest BCUT2D eigenvalue weighted by molar-refractivity contribution is -0.121. The quantitative estimate of drug-likeness (QED) is 0.748. The number of aromatic nitrogens is 3. The normalized spacial score (nSPS) is 16.2. The largest absolute Gasteiger partial charge is 0.365 e. The molecule has 0 radical (unpaired) electrons. The van der Waals surface area contributed by atoms with E-state index in [0.29, 0.717) is 24.1 Å². The van der Waals surface area contributed by atoms with Gasteiger partial charge in [-0.05, 0) is 58.7 Å². The van der Waals surface area contributed by atoms with Crippen LogP contribution in [0.4, 0.5) is 0 Å². The van der Waals surface area contributed by atoms with Gasteiger partial charge in [-0.15, -0.1) is 0 Å². The van der Waals surface area contributed by atoms with Crippen LogP contribution in [0.15, 0.2) is 6.20 Å². The average molecular weight is 387 g/mol. The molecule has 2 aromatic rings. The van der Waals surface area contributed by atoms with Gasteiger partial charge in [-0.3, -0.25) is 9.59 Å². The van der Waals surface area contributed by atoms with Gasteiger partial charge < -0.3 is 16.0 Å². The molecule has 0 aliphatic carbocycles. The Kier molecular flexibility index (Phi) is 6.28. The number of carbonyl (C=O) groups is 2. The highest BCUT2D eigenvalue weighted by Gasteiger charge is 2.18. The maximum Gasteiger partial charge on any atom is 0.254 e. The first-order valence-electron chi connectivity index (χ1n) is 10.0. The Labute approximate surface area is 165 Å². The highest BCUT2D eigenvalue weighted by atomic mass is 16.2. The van der Waals surface area contributed by atoms with Crippen LogP contribution in [-0.2, 0) is 11.2 Å². The van der Waals surface area contributed by atoms with E-state index in [4.69, 9.17) is 5.73 Å². The van der Waals surface area contributed by atoms with Crippen LogP contribution in [0.25, 0.3) is 5.65 Å². The highest BCUT2D eigenvalue weighted by molar-refractivity contribution is 5.98. The molecule has 28 heavy (non-hydrogen) atoms. The number of aryl methyl sites for hydroxylation is 2. The van der Waals surface area contributed by atoms with E-state index in [1.807, 2.05) is 13.8 Å². The first-order valence-corrected chi connectivity index (χ1v) is 10.0. The van der Waals surface area contributed by atoms with Crippen LogP contribution < -0.4 is 11.1 Å². The fourth-order valence-corrected chi connectivity index (χ4v) is 4.01. The maximum absolute atomic E-state index is 12.4. The second-order valence-corrected chi connectivity index (χ2v) is 7.75. The summed E-state index contributed by atoms with van der Waals surface area (Å²) in [6, 6.07) is 0.137. The number of hydrogen-bond donors (Lipinski definition) is 2. The summed E-state index contributed by atoms with van der Waals surface area (Å²) in [4.78, 5) is 30.9. The van der Waals surface area contributed by atoms with Crippen molar-refractivity contribution in [1.82, 2.24) is 24.8 Å². The SMILES string of the molecule is Cc1nc2c(C(N)=O)cnn2c(C)c1CCC(=O)NC(C)CN1CCCCC1. The Hall–Kier alpha value is -2.48. The Morgan fingerprint density at radius 1 is 1.25 bits per heavy atom. The lowest BCUT2D eigenvalue weighted by Crippen LogP contribution is -2.43. The molecule has 1 aliphatic heterocycles. The van der Waals surface area contributed by atoms with Gasteiger partial charge in [-0.2, -0.15) is 5.10 Å². The summed E-state index contributed by atoms with van der Waals surface area (Å²) in [6.45, 7) is 9.03. The van der Waals surface area contributed by atoms with Crippen molar-refractivity contribution >= 4 is 17.5 Å². The van der Waals surface area contributed by atoms with Crippen molar-refractivity contribution in [1.29, 1.82) is 0 Å². The average Bonchev–Trinajstić information content (AvgIpc) is 3.06. The van der Waals surface area contributed by atoms with Crippen LogP contribution in [0.1, 0.15) is 59.9 Å². The molecule has 2 aromatic heterocycles. The van der Waals surface area contributed by atoms with Crippen molar-refractivity contribution in [2.24, 2.45) is 5.73 Å². The zero-order chi connectivity index (χ0) is 20.3. The molecule has 1 atom stereocenters. The number of amides is 2. The third kappa shape index (κ3) is 4.49. The second kappa shape index (κ2) is 8.68. The van der Waals surface area contributed by atoms with E-state index in [-0.39, 0.29) is 11.9 Å². The standard InChI is InChI=1S/C20H30N6O2/c1-13(12-25-9-5-4-6-10-25)23-18(27)8-7-16-14(2)24-20-17(19(21)28)11-22-26(20)15(16)3/h11,13H,4-10,12H2,1-3H3,(H2,21,28)(H,23,27). The Morgan fingerprint density at radius 2 is 1.96 bits per heavy atom. The van der Waals surface area contributed by atoms with Gasteiger partial charge in [0.1, 0.15) is 5.56 Å².